The van der Waals surface area contributed by atoms with Crippen molar-refractivity contribution in [3.8, 4) is 11.1 Å². The molecule has 0 aliphatic heterocycles. The van der Waals surface area contributed by atoms with Gasteiger partial charge >= 0.3 is 11.0 Å². The zero-order valence-electron chi connectivity index (χ0n) is 16.9. The van der Waals surface area contributed by atoms with Crippen LogP contribution in [-0.4, -0.2) is 12.5 Å². The lowest BCUT2D eigenvalue weighted by molar-refractivity contribution is -0.366. The molecule has 154 valence electrons. The van der Waals surface area contributed by atoms with Crippen LogP contribution in [0.1, 0.15) is 54.6 Å². The summed E-state index contributed by atoms with van der Waals surface area (Å²) >= 11 is 1.19. The van der Waals surface area contributed by atoms with E-state index in [0.29, 0.717) is 21.6 Å². The number of aromatic nitrogens is 1. The maximum absolute atomic E-state index is 13.1. The van der Waals surface area contributed by atoms with E-state index in [-0.39, 0.29) is 5.91 Å². The number of nitrogens with one attached hydrogen (secondary N) is 3. The maximum Gasteiger partial charge on any atom is 0.341 e. The summed E-state index contributed by atoms with van der Waals surface area (Å²) < 4.78 is 0. The van der Waals surface area contributed by atoms with Crippen LogP contribution in [0.2, 0.25) is 0 Å². The van der Waals surface area contributed by atoms with Gasteiger partial charge in [0.15, 0.2) is 0 Å². The van der Waals surface area contributed by atoms with Crippen LogP contribution in [-0.2, 0) is 0 Å². The number of carbonyl (C=O) groups is 1. The van der Waals surface area contributed by atoms with Crippen molar-refractivity contribution in [1.29, 1.82) is 0 Å². The molecule has 1 saturated carbocycles. The molecule has 1 amide bonds. The molecule has 1 aliphatic rings. The first kappa shape index (κ1) is 20.2. The lowest BCUT2D eigenvalue weighted by Gasteiger charge is -2.11. The second-order valence-corrected chi connectivity index (χ2v) is 8.50. The molecule has 0 saturated heterocycles. The maximum atomic E-state index is 13.1. The number of H-pyrrole nitrogens is 1. The SMILES string of the molecule is CCCCNc1ccc(C(=O)Nc2[nH+]c(C3CC3)c(N=O)s2)c(-c2ccccc2)c1. The fraction of sp³-hybridized carbons (Fsp3) is 0.304. The van der Waals surface area contributed by atoms with Crippen molar-refractivity contribution in [3.63, 3.8) is 0 Å². The molecule has 0 spiro atoms. The van der Waals surface area contributed by atoms with Crippen LogP contribution in [0.15, 0.2) is 53.7 Å². The Morgan fingerprint density at radius 1 is 1.20 bits per heavy atom. The zero-order valence-corrected chi connectivity index (χ0v) is 17.7. The summed E-state index contributed by atoms with van der Waals surface area (Å²) in [6, 6.07) is 15.7. The molecule has 0 radical (unpaired) electrons. The predicted octanol–water partition coefficient (Wildman–Crippen LogP) is 5.97. The number of unbranched alkanes of at least 4 members (excludes halogenated alkanes) is 1. The molecule has 3 aromatic rings. The molecule has 1 aliphatic carbocycles. The van der Waals surface area contributed by atoms with Crippen LogP contribution in [0.4, 0.5) is 15.8 Å². The number of thiazole rings is 1. The summed E-state index contributed by atoms with van der Waals surface area (Å²) in [6.45, 7) is 3.05. The first-order valence-corrected chi connectivity index (χ1v) is 11.1. The minimum Gasteiger partial charge on any atom is -0.385 e. The summed E-state index contributed by atoms with van der Waals surface area (Å²) in [5.41, 5.74) is 4.25. The van der Waals surface area contributed by atoms with Crippen LogP contribution in [0.5, 0.6) is 0 Å². The van der Waals surface area contributed by atoms with E-state index in [1.165, 1.54) is 11.3 Å². The number of hydrogen-bond donors (Lipinski definition) is 2. The smallest absolute Gasteiger partial charge is 0.341 e. The summed E-state index contributed by atoms with van der Waals surface area (Å²) in [4.78, 5) is 27.4. The number of anilines is 2. The molecule has 0 unspecified atom stereocenters. The van der Waals surface area contributed by atoms with Crippen LogP contribution in [0.3, 0.4) is 0 Å². The van der Waals surface area contributed by atoms with E-state index < -0.39 is 0 Å². The van der Waals surface area contributed by atoms with Gasteiger partial charge < -0.3 is 5.32 Å². The van der Waals surface area contributed by atoms with Gasteiger partial charge in [0.25, 0.3) is 0 Å². The molecule has 7 heteroatoms. The third kappa shape index (κ3) is 4.57. The van der Waals surface area contributed by atoms with Gasteiger partial charge in [0.2, 0.25) is 5.00 Å². The molecule has 30 heavy (non-hydrogen) atoms. The lowest BCUT2D eigenvalue weighted by atomic mass is 9.98. The molecule has 1 fully saturated rings. The van der Waals surface area contributed by atoms with E-state index in [9.17, 15) is 9.70 Å². The van der Waals surface area contributed by atoms with E-state index in [1.807, 2.05) is 48.5 Å². The quantitative estimate of drug-likeness (QED) is 0.330. The van der Waals surface area contributed by atoms with Gasteiger partial charge in [-0.05, 0) is 65.1 Å². The Kier molecular flexibility index (Phi) is 6.18. The van der Waals surface area contributed by atoms with Crippen molar-refractivity contribution in [1.82, 2.24) is 0 Å². The number of nitroso groups, excluding NO2 is 1. The highest BCUT2D eigenvalue weighted by molar-refractivity contribution is 7.19. The van der Waals surface area contributed by atoms with Crippen molar-refractivity contribution in [2.45, 2.75) is 38.5 Å². The Morgan fingerprint density at radius 2 is 2.00 bits per heavy atom. The number of hydrogen-bond acceptors (Lipinski definition) is 5. The normalized spacial score (nSPS) is 13.1. The van der Waals surface area contributed by atoms with E-state index >= 15 is 0 Å². The fourth-order valence-corrected chi connectivity index (χ4v) is 4.28. The molecule has 1 aromatic heterocycles. The Morgan fingerprint density at radius 3 is 2.70 bits per heavy atom. The first-order valence-electron chi connectivity index (χ1n) is 10.3. The Hall–Kier alpha value is -3.06. The summed E-state index contributed by atoms with van der Waals surface area (Å²) in [7, 11) is 0. The minimum atomic E-state index is -0.216. The molecule has 1 heterocycles. The van der Waals surface area contributed by atoms with Crippen molar-refractivity contribution >= 4 is 33.1 Å². The Balaban J connectivity index is 1.62. The van der Waals surface area contributed by atoms with Crippen molar-refractivity contribution in [2.24, 2.45) is 5.18 Å². The number of nitrogens with zero attached hydrogens (tertiary/aromatic N) is 1. The van der Waals surface area contributed by atoms with Crippen LogP contribution < -0.4 is 15.6 Å². The van der Waals surface area contributed by atoms with Gasteiger partial charge in [-0.15, -0.1) is 4.91 Å². The number of aromatic amines is 1. The average molecular weight is 422 g/mol. The monoisotopic (exact) mass is 421 g/mol. The van der Waals surface area contributed by atoms with Crippen molar-refractivity contribution in [3.05, 3.63) is 64.7 Å². The number of amides is 1. The predicted molar refractivity (Wildman–Crippen MR) is 122 cm³/mol. The first-order chi connectivity index (χ1) is 14.7. The van der Waals surface area contributed by atoms with Gasteiger partial charge in [0, 0.05) is 18.2 Å². The third-order valence-electron chi connectivity index (χ3n) is 5.18. The summed E-state index contributed by atoms with van der Waals surface area (Å²) in [6.07, 6.45) is 4.31. The highest BCUT2D eigenvalue weighted by Gasteiger charge is 2.34. The number of rotatable bonds is 9. The van der Waals surface area contributed by atoms with Gasteiger partial charge in [0.1, 0.15) is 5.69 Å². The molecule has 2 aromatic carbocycles. The molecule has 6 nitrogen and oxygen atoms in total. The topological polar surface area (TPSA) is 84.7 Å². The third-order valence-corrected chi connectivity index (χ3v) is 6.08. The second-order valence-electron chi connectivity index (χ2n) is 7.50. The van der Waals surface area contributed by atoms with Crippen LogP contribution in [0.25, 0.3) is 11.1 Å². The van der Waals surface area contributed by atoms with Crippen molar-refractivity contribution < 1.29 is 9.78 Å². The highest BCUT2D eigenvalue weighted by atomic mass is 32.1. The Labute approximate surface area is 179 Å². The second kappa shape index (κ2) is 9.17. The van der Waals surface area contributed by atoms with Gasteiger partial charge in [-0.3, -0.25) is 0 Å². The number of benzene rings is 2. The fourth-order valence-electron chi connectivity index (χ4n) is 3.41. The summed E-state index contributed by atoms with van der Waals surface area (Å²) in [5, 5.41) is 10.4. The molecule has 4 rings (SSSR count). The average Bonchev–Trinajstić information content (AvgIpc) is 3.54. The number of carbonyl (C=O) groups excluding carboxylic acids is 1. The highest BCUT2D eigenvalue weighted by Crippen LogP contribution is 2.45. The van der Waals surface area contributed by atoms with Crippen LogP contribution >= 0.6 is 11.3 Å². The van der Waals surface area contributed by atoms with E-state index in [2.05, 4.69) is 27.7 Å². The van der Waals surface area contributed by atoms with E-state index in [4.69, 9.17) is 0 Å². The largest absolute Gasteiger partial charge is 0.385 e. The Bertz CT molecular complexity index is 1040. The molecular formula is C23H25N4O2S+. The zero-order chi connectivity index (χ0) is 20.9. The van der Waals surface area contributed by atoms with Crippen molar-refractivity contribution in [2.75, 3.05) is 17.2 Å². The van der Waals surface area contributed by atoms with Gasteiger partial charge in [-0.25, -0.2) is 9.78 Å². The molecule has 0 bridgehead atoms. The molecule has 0 atom stereocenters. The lowest BCUT2D eigenvalue weighted by Crippen LogP contribution is -2.19. The summed E-state index contributed by atoms with van der Waals surface area (Å²) in [5.74, 6) is 0.138. The van der Waals surface area contributed by atoms with Gasteiger partial charge in [-0.2, -0.15) is 5.32 Å². The van der Waals surface area contributed by atoms with Gasteiger partial charge in [-0.1, -0.05) is 43.7 Å². The minimum absolute atomic E-state index is 0.216. The molecule has 3 N–H and O–H groups in total. The van der Waals surface area contributed by atoms with E-state index in [0.717, 1.165) is 54.7 Å². The molecular weight excluding hydrogens is 396 g/mol. The van der Waals surface area contributed by atoms with E-state index in [1.54, 1.807) is 0 Å². The standard InChI is InChI=1S/C23H24N4O2S/c1-2-3-13-24-17-11-12-18(19(14-17)15-7-5-4-6-8-15)21(28)26-23-25-20(16-9-10-16)22(27-29)30-23/h4-8,11-12,14,16,24H,2-3,9-10,13H2,1H3,(H,25,26,28)/p+1. The van der Waals surface area contributed by atoms with Crippen LogP contribution in [0, 0.1) is 4.91 Å². The van der Waals surface area contributed by atoms with Gasteiger partial charge in [0.05, 0.1) is 5.56 Å².